The number of rotatable bonds is 3. The number of hydrogen-bond donors (Lipinski definition) is 0. The Morgan fingerprint density at radius 3 is 2.76 bits per heavy atom. The monoisotopic (exact) mass is 231 g/mol. The van der Waals surface area contributed by atoms with Crippen molar-refractivity contribution >= 4 is 12.0 Å². The number of carbonyl (C=O) groups is 1. The summed E-state index contributed by atoms with van der Waals surface area (Å²) in [5.74, 6) is 0. The van der Waals surface area contributed by atoms with E-state index < -0.39 is 4.92 Å². The molecule has 0 unspecified atom stereocenters. The standard InChI is InChI=1S/C11H9N3O3/c1-8-6-12-13(11(8)7-15)9-4-2-3-5-10(9)14(16)17/h2-7H,1H3. The molecule has 0 saturated heterocycles. The Bertz CT molecular complexity index is 589. The summed E-state index contributed by atoms with van der Waals surface area (Å²) in [4.78, 5) is 21.3. The molecule has 6 nitrogen and oxygen atoms in total. The maximum atomic E-state index is 10.9. The predicted octanol–water partition coefficient (Wildman–Crippen LogP) is 1.90. The molecule has 17 heavy (non-hydrogen) atoms. The molecule has 0 bridgehead atoms. The highest BCUT2D eigenvalue weighted by Crippen LogP contribution is 2.23. The average Bonchev–Trinajstić information content (AvgIpc) is 2.70. The molecule has 1 heterocycles. The van der Waals surface area contributed by atoms with Crippen LogP contribution in [0.25, 0.3) is 5.69 Å². The minimum Gasteiger partial charge on any atom is -0.296 e. The van der Waals surface area contributed by atoms with Crippen LogP contribution in [0.5, 0.6) is 0 Å². The topological polar surface area (TPSA) is 78.0 Å². The number of aromatic nitrogens is 2. The van der Waals surface area contributed by atoms with E-state index in [4.69, 9.17) is 0 Å². The van der Waals surface area contributed by atoms with Gasteiger partial charge in [0.25, 0.3) is 5.69 Å². The molecule has 6 heteroatoms. The molecule has 2 rings (SSSR count). The highest BCUT2D eigenvalue weighted by atomic mass is 16.6. The minimum atomic E-state index is -0.499. The van der Waals surface area contributed by atoms with E-state index >= 15 is 0 Å². The van der Waals surface area contributed by atoms with Crippen LogP contribution in [0, 0.1) is 17.0 Å². The third kappa shape index (κ3) is 1.80. The molecule has 0 amide bonds. The van der Waals surface area contributed by atoms with Crippen LogP contribution in [0.4, 0.5) is 5.69 Å². The van der Waals surface area contributed by atoms with E-state index in [1.807, 2.05) is 0 Å². The lowest BCUT2D eigenvalue weighted by Crippen LogP contribution is -2.05. The number of carbonyl (C=O) groups excluding carboxylic acids is 1. The Labute approximate surface area is 96.6 Å². The van der Waals surface area contributed by atoms with Crippen LogP contribution in [-0.2, 0) is 0 Å². The number of nitrogens with zero attached hydrogens (tertiary/aromatic N) is 3. The number of nitro benzene ring substituents is 1. The fraction of sp³-hybridized carbons (Fsp3) is 0.0909. The summed E-state index contributed by atoms with van der Waals surface area (Å²) in [5, 5.41) is 14.9. The summed E-state index contributed by atoms with van der Waals surface area (Å²) in [6.45, 7) is 1.72. The average molecular weight is 231 g/mol. The first-order valence-electron chi connectivity index (χ1n) is 4.88. The van der Waals surface area contributed by atoms with Crippen LogP contribution in [0.15, 0.2) is 30.5 Å². The lowest BCUT2D eigenvalue weighted by atomic mass is 10.2. The quantitative estimate of drug-likeness (QED) is 0.459. The largest absolute Gasteiger partial charge is 0.296 e. The molecule has 0 aliphatic rings. The zero-order valence-corrected chi connectivity index (χ0v) is 9.03. The first-order valence-corrected chi connectivity index (χ1v) is 4.88. The van der Waals surface area contributed by atoms with Crippen molar-refractivity contribution in [1.82, 2.24) is 9.78 Å². The van der Waals surface area contributed by atoms with Crippen LogP contribution in [-0.4, -0.2) is 21.0 Å². The Hall–Kier alpha value is -2.50. The number of aldehydes is 1. The van der Waals surface area contributed by atoms with Gasteiger partial charge >= 0.3 is 0 Å². The molecule has 0 atom stereocenters. The van der Waals surface area contributed by atoms with Gasteiger partial charge in [-0.2, -0.15) is 5.10 Å². The highest BCUT2D eigenvalue weighted by Gasteiger charge is 2.18. The van der Waals surface area contributed by atoms with Crippen LogP contribution < -0.4 is 0 Å². The second kappa shape index (κ2) is 4.17. The van der Waals surface area contributed by atoms with Gasteiger partial charge < -0.3 is 0 Å². The van der Waals surface area contributed by atoms with Crippen molar-refractivity contribution in [3.8, 4) is 5.69 Å². The number of para-hydroxylation sites is 2. The second-order valence-corrected chi connectivity index (χ2v) is 3.49. The van der Waals surface area contributed by atoms with Gasteiger partial charge in [-0.25, -0.2) is 4.68 Å². The van der Waals surface area contributed by atoms with Gasteiger partial charge in [0, 0.05) is 6.07 Å². The van der Waals surface area contributed by atoms with Crippen molar-refractivity contribution in [2.45, 2.75) is 6.92 Å². The zero-order valence-electron chi connectivity index (χ0n) is 9.03. The molecule has 0 N–H and O–H groups in total. The Morgan fingerprint density at radius 1 is 1.41 bits per heavy atom. The van der Waals surface area contributed by atoms with Gasteiger partial charge in [0.15, 0.2) is 6.29 Å². The van der Waals surface area contributed by atoms with E-state index in [1.165, 1.54) is 16.9 Å². The van der Waals surface area contributed by atoms with Crippen molar-refractivity contribution < 1.29 is 9.72 Å². The number of nitro groups is 1. The summed E-state index contributed by atoms with van der Waals surface area (Å²) >= 11 is 0. The maximum Gasteiger partial charge on any atom is 0.294 e. The molecular formula is C11H9N3O3. The van der Waals surface area contributed by atoms with E-state index in [0.717, 1.165) is 0 Å². The smallest absolute Gasteiger partial charge is 0.294 e. The van der Waals surface area contributed by atoms with Gasteiger partial charge in [-0.3, -0.25) is 14.9 Å². The second-order valence-electron chi connectivity index (χ2n) is 3.49. The lowest BCUT2D eigenvalue weighted by Gasteiger charge is -2.04. The first kappa shape index (κ1) is 11.0. The molecule has 0 spiro atoms. The van der Waals surface area contributed by atoms with E-state index in [1.54, 1.807) is 25.1 Å². The molecule has 86 valence electrons. The van der Waals surface area contributed by atoms with E-state index in [0.29, 0.717) is 17.5 Å². The molecule has 0 aliphatic carbocycles. The lowest BCUT2D eigenvalue weighted by molar-refractivity contribution is -0.384. The SMILES string of the molecule is Cc1cnn(-c2ccccc2[N+](=O)[O-])c1C=O. The van der Waals surface area contributed by atoms with Gasteiger partial charge in [-0.1, -0.05) is 12.1 Å². The van der Waals surface area contributed by atoms with Gasteiger partial charge in [0.2, 0.25) is 0 Å². The van der Waals surface area contributed by atoms with Gasteiger partial charge in [-0.05, 0) is 18.6 Å². The third-order valence-corrected chi connectivity index (χ3v) is 2.42. The Balaban J connectivity index is 2.68. The number of aryl methyl sites for hydroxylation is 1. The Morgan fingerprint density at radius 2 is 2.12 bits per heavy atom. The van der Waals surface area contributed by atoms with E-state index in [-0.39, 0.29) is 11.4 Å². The molecule has 2 aromatic rings. The summed E-state index contributed by atoms with van der Waals surface area (Å²) in [5.41, 5.74) is 1.20. The van der Waals surface area contributed by atoms with E-state index in [2.05, 4.69) is 5.10 Å². The third-order valence-electron chi connectivity index (χ3n) is 2.42. The predicted molar refractivity (Wildman–Crippen MR) is 60.3 cm³/mol. The minimum absolute atomic E-state index is 0.0845. The molecular weight excluding hydrogens is 222 g/mol. The molecule has 0 saturated carbocycles. The van der Waals surface area contributed by atoms with Crippen LogP contribution >= 0.6 is 0 Å². The number of hydrogen-bond acceptors (Lipinski definition) is 4. The van der Waals surface area contributed by atoms with Gasteiger partial charge in [0.1, 0.15) is 11.4 Å². The van der Waals surface area contributed by atoms with Gasteiger partial charge in [-0.15, -0.1) is 0 Å². The maximum absolute atomic E-state index is 10.9. The van der Waals surface area contributed by atoms with E-state index in [9.17, 15) is 14.9 Å². The fourth-order valence-electron chi connectivity index (χ4n) is 1.57. The molecule has 1 aromatic heterocycles. The summed E-state index contributed by atoms with van der Waals surface area (Å²) < 4.78 is 1.28. The van der Waals surface area contributed by atoms with Crippen molar-refractivity contribution in [1.29, 1.82) is 0 Å². The highest BCUT2D eigenvalue weighted by molar-refractivity contribution is 5.76. The van der Waals surface area contributed by atoms with Crippen LogP contribution in [0.2, 0.25) is 0 Å². The van der Waals surface area contributed by atoms with Gasteiger partial charge in [0.05, 0.1) is 11.1 Å². The Kier molecular flexibility index (Phi) is 2.70. The molecule has 0 fully saturated rings. The number of benzene rings is 1. The summed E-state index contributed by atoms with van der Waals surface area (Å²) in [6, 6.07) is 6.16. The molecule has 0 aliphatic heterocycles. The van der Waals surface area contributed by atoms with Crippen LogP contribution in [0.3, 0.4) is 0 Å². The molecule has 0 radical (unpaired) electrons. The fourth-order valence-corrected chi connectivity index (χ4v) is 1.57. The summed E-state index contributed by atoms with van der Waals surface area (Å²) in [7, 11) is 0. The molecule has 1 aromatic carbocycles. The van der Waals surface area contributed by atoms with Crippen molar-refractivity contribution in [3.05, 3.63) is 51.8 Å². The zero-order chi connectivity index (χ0) is 12.4. The normalized spacial score (nSPS) is 10.2. The van der Waals surface area contributed by atoms with Crippen molar-refractivity contribution in [2.24, 2.45) is 0 Å². The van der Waals surface area contributed by atoms with Crippen molar-refractivity contribution in [2.75, 3.05) is 0 Å². The van der Waals surface area contributed by atoms with Crippen LogP contribution in [0.1, 0.15) is 16.1 Å². The summed E-state index contributed by atoms with van der Waals surface area (Å²) in [6.07, 6.45) is 2.14. The first-order chi connectivity index (χ1) is 8.15. The van der Waals surface area contributed by atoms with Crippen molar-refractivity contribution in [3.63, 3.8) is 0 Å².